The molecule has 0 aromatic heterocycles. The molecule has 0 aliphatic heterocycles. The molecule has 0 heterocycles. The van der Waals surface area contributed by atoms with Crippen molar-refractivity contribution in [1.29, 1.82) is 5.26 Å². The summed E-state index contributed by atoms with van der Waals surface area (Å²) in [6.45, 7) is 5.27. The van der Waals surface area contributed by atoms with Crippen LogP contribution in [-0.2, 0) is 0 Å². The molecule has 0 unspecified atom stereocenters. The highest BCUT2D eigenvalue weighted by molar-refractivity contribution is 14.1. The van der Waals surface area contributed by atoms with E-state index in [1.54, 1.807) is 4.90 Å². The SMILES string of the molecule is CC(C)CN(CCC#N)C(=O)c1cc(I)ccc1Br. The fourth-order valence-electron chi connectivity index (χ4n) is 1.73. The minimum Gasteiger partial charge on any atom is -0.337 e. The van der Waals surface area contributed by atoms with E-state index in [4.69, 9.17) is 5.26 Å². The third kappa shape index (κ3) is 5.11. The summed E-state index contributed by atoms with van der Waals surface area (Å²) in [5.41, 5.74) is 0.658. The van der Waals surface area contributed by atoms with E-state index in [1.807, 2.05) is 18.2 Å². The molecule has 0 atom stereocenters. The van der Waals surface area contributed by atoms with Gasteiger partial charge in [0.25, 0.3) is 5.91 Å². The molecule has 0 fully saturated rings. The van der Waals surface area contributed by atoms with Crippen molar-refractivity contribution in [3.63, 3.8) is 0 Å². The predicted octanol–water partition coefficient (Wildman–Crippen LogP) is 4.07. The molecule has 0 saturated heterocycles. The minimum absolute atomic E-state index is 0.0191. The molecule has 3 nitrogen and oxygen atoms in total. The van der Waals surface area contributed by atoms with Crippen molar-refractivity contribution in [3.05, 3.63) is 31.8 Å². The number of hydrogen-bond acceptors (Lipinski definition) is 2. The molecule has 1 rings (SSSR count). The van der Waals surface area contributed by atoms with Gasteiger partial charge in [-0.25, -0.2) is 0 Å². The zero-order valence-electron chi connectivity index (χ0n) is 11.0. The van der Waals surface area contributed by atoms with Gasteiger partial charge < -0.3 is 4.90 Å². The van der Waals surface area contributed by atoms with Crippen molar-refractivity contribution in [2.24, 2.45) is 5.92 Å². The number of benzene rings is 1. The highest BCUT2D eigenvalue weighted by atomic mass is 127. The zero-order chi connectivity index (χ0) is 14.4. The Morgan fingerprint density at radius 3 is 2.79 bits per heavy atom. The normalized spacial score (nSPS) is 10.3. The number of halogens is 2. The van der Waals surface area contributed by atoms with Crippen molar-refractivity contribution in [2.75, 3.05) is 13.1 Å². The predicted molar refractivity (Wildman–Crippen MR) is 87.8 cm³/mol. The first kappa shape index (κ1) is 16.4. The molecule has 0 saturated carbocycles. The van der Waals surface area contributed by atoms with Gasteiger partial charge in [-0.3, -0.25) is 4.79 Å². The van der Waals surface area contributed by atoms with Crippen LogP contribution in [0.15, 0.2) is 22.7 Å². The van der Waals surface area contributed by atoms with Gasteiger partial charge in [0.1, 0.15) is 0 Å². The van der Waals surface area contributed by atoms with Crippen molar-refractivity contribution in [2.45, 2.75) is 20.3 Å². The van der Waals surface area contributed by atoms with E-state index in [2.05, 4.69) is 58.4 Å². The highest BCUT2D eigenvalue weighted by Crippen LogP contribution is 2.21. The lowest BCUT2D eigenvalue weighted by atomic mass is 10.1. The second-order valence-electron chi connectivity index (χ2n) is 4.68. The van der Waals surface area contributed by atoms with E-state index in [1.165, 1.54) is 0 Å². The lowest BCUT2D eigenvalue weighted by Gasteiger charge is -2.24. The standard InChI is InChI=1S/C14H16BrIN2O/c1-10(2)9-18(7-3-6-17)14(19)12-8-11(16)4-5-13(12)15/h4-5,8,10H,3,7,9H2,1-2H3. The van der Waals surface area contributed by atoms with Crippen LogP contribution in [0.1, 0.15) is 30.6 Å². The molecule has 102 valence electrons. The maximum Gasteiger partial charge on any atom is 0.255 e. The Bertz CT molecular complexity index is 497. The Labute approximate surface area is 136 Å². The summed E-state index contributed by atoms with van der Waals surface area (Å²) < 4.78 is 1.82. The summed E-state index contributed by atoms with van der Waals surface area (Å²) in [5, 5.41) is 8.70. The molecule has 0 aliphatic rings. The average molecular weight is 435 g/mol. The lowest BCUT2D eigenvalue weighted by Crippen LogP contribution is -2.35. The Balaban J connectivity index is 2.97. The number of nitrogens with zero attached hydrogens (tertiary/aromatic N) is 2. The first-order valence-corrected chi connectivity index (χ1v) is 7.94. The molecular formula is C14H16BrIN2O. The van der Waals surface area contributed by atoms with Gasteiger partial charge in [-0.15, -0.1) is 0 Å². The smallest absolute Gasteiger partial charge is 0.255 e. The Kier molecular flexibility index (Phi) is 6.80. The van der Waals surface area contributed by atoms with Gasteiger partial charge in [0.2, 0.25) is 0 Å². The topological polar surface area (TPSA) is 44.1 Å². The summed E-state index contributed by atoms with van der Waals surface area (Å²) in [4.78, 5) is 14.3. The minimum atomic E-state index is -0.0191. The number of hydrogen-bond donors (Lipinski definition) is 0. The van der Waals surface area contributed by atoms with E-state index in [0.717, 1.165) is 8.04 Å². The molecule has 0 N–H and O–H groups in total. The number of rotatable bonds is 5. The van der Waals surface area contributed by atoms with E-state index in [0.29, 0.717) is 31.0 Å². The maximum atomic E-state index is 12.5. The van der Waals surface area contributed by atoms with E-state index in [-0.39, 0.29) is 5.91 Å². The molecule has 0 bridgehead atoms. The summed E-state index contributed by atoms with van der Waals surface area (Å²) in [6.07, 6.45) is 0.361. The van der Waals surface area contributed by atoms with Crippen LogP contribution in [0.25, 0.3) is 0 Å². The Morgan fingerprint density at radius 2 is 2.21 bits per heavy atom. The van der Waals surface area contributed by atoms with Crippen LogP contribution >= 0.6 is 38.5 Å². The summed E-state index contributed by atoms with van der Waals surface area (Å²) in [5.74, 6) is 0.360. The number of carbonyl (C=O) groups excluding carboxylic acids is 1. The number of carbonyl (C=O) groups is 1. The monoisotopic (exact) mass is 434 g/mol. The zero-order valence-corrected chi connectivity index (χ0v) is 14.7. The first-order valence-electron chi connectivity index (χ1n) is 6.07. The van der Waals surface area contributed by atoms with Crippen LogP contribution in [0, 0.1) is 20.8 Å². The van der Waals surface area contributed by atoms with E-state index >= 15 is 0 Å². The highest BCUT2D eigenvalue weighted by Gasteiger charge is 2.19. The van der Waals surface area contributed by atoms with Crippen LogP contribution < -0.4 is 0 Å². The number of nitriles is 1. The van der Waals surface area contributed by atoms with Crippen LogP contribution in [0.3, 0.4) is 0 Å². The fourth-order valence-corrected chi connectivity index (χ4v) is 2.64. The molecule has 1 aromatic carbocycles. The van der Waals surface area contributed by atoms with E-state index in [9.17, 15) is 4.79 Å². The van der Waals surface area contributed by atoms with Gasteiger partial charge in [-0.05, 0) is 62.6 Å². The van der Waals surface area contributed by atoms with Gasteiger partial charge in [-0.2, -0.15) is 5.26 Å². The molecule has 1 amide bonds. The van der Waals surface area contributed by atoms with Gasteiger partial charge in [0, 0.05) is 21.1 Å². The van der Waals surface area contributed by atoms with Crippen LogP contribution in [0.5, 0.6) is 0 Å². The van der Waals surface area contributed by atoms with Crippen LogP contribution in [-0.4, -0.2) is 23.9 Å². The summed E-state index contributed by atoms with van der Waals surface area (Å²) >= 11 is 5.61. The van der Waals surface area contributed by atoms with Crippen LogP contribution in [0.4, 0.5) is 0 Å². The largest absolute Gasteiger partial charge is 0.337 e. The molecule has 1 aromatic rings. The molecule has 0 radical (unpaired) electrons. The quantitative estimate of drug-likeness (QED) is 0.655. The number of amides is 1. The molecule has 0 spiro atoms. The van der Waals surface area contributed by atoms with Gasteiger partial charge in [0.05, 0.1) is 18.1 Å². The van der Waals surface area contributed by atoms with Gasteiger partial charge >= 0.3 is 0 Å². The summed E-state index contributed by atoms with van der Waals surface area (Å²) in [6, 6.07) is 7.79. The first-order chi connectivity index (χ1) is 8.95. The van der Waals surface area contributed by atoms with Crippen LogP contribution in [0.2, 0.25) is 0 Å². The summed E-state index contributed by atoms with van der Waals surface area (Å²) in [7, 11) is 0. The van der Waals surface area contributed by atoms with Gasteiger partial charge in [-0.1, -0.05) is 13.8 Å². The van der Waals surface area contributed by atoms with Crippen molar-refractivity contribution >= 4 is 44.4 Å². The Morgan fingerprint density at radius 1 is 1.53 bits per heavy atom. The lowest BCUT2D eigenvalue weighted by molar-refractivity contribution is 0.0739. The van der Waals surface area contributed by atoms with Crippen molar-refractivity contribution in [1.82, 2.24) is 4.90 Å². The van der Waals surface area contributed by atoms with Crippen molar-refractivity contribution < 1.29 is 4.79 Å². The molecule has 19 heavy (non-hydrogen) atoms. The third-order valence-corrected chi connectivity index (χ3v) is 3.89. The van der Waals surface area contributed by atoms with Gasteiger partial charge in [0.15, 0.2) is 0 Å². The molecule has 0 aliphatic carbocycles. The Hall–Kier alpha value is -0.610. The van der Waals surface area contributed by atoms with Crippen molar-refractivity contribution in [3.8, 4) is 6.07 Å². The third-order valence-electron chi connectivity index (χ3n) is 2.53. The second kappa shape index (κ2) is 7.85. The fraction of sp³-hybridized carbons (Fsp3) is 0.429. The molecule has 5 heteroatoms. The van der Waals surface area contributed by atoms with E-state index < -0.39 is 0 Å². The molecular weight excluding hydrogens is 419 g/mol. The second-order valence-corrected chi connectivity index (χ2v) is 6.78. The maximum absolute atomic E-state index is 12.5. The average Bonchev–Trinajstić information content (AvgIpc) is 2.36.